The van der Waals surface area contributed by atoms with Crippen molar-refractivity contribution in [2.24, 2.45) is 0 Å². The molecule has 7 heteroatoms. The fourth-order valence-electron chi connectivity index (χ4n) is 2.29. The van der Waals surface area contributed by atoms with E-state index in [1.165, 1.54) is 11.8 Å². The third-order valence-electron chi connectivity index (χ3n) is 3.59. The van der Waals surface area contributed by atoms with Gasteiger partial charge in [0.2, 0.25) is 11.1 Å². The van der Waals surface area contributed by atoms with Crippen LogP contribution in [-0.2, 0) is 4.79 Å². The molecule has 0 aliphatic rings. The average molecular weight is 373 g/mol. The molecule has 0 spiro atoms. The Hall–Kier alpha value is -2.31. The van der Waals surface area contributed by atoms with Gasteiger partial charge in [-0.3, -0.25) is 9.89 Å². The molecule has 0 radical (unpaired) electrons. The molecule has 0 saturated heterocycles. The summed E-state index contributed by atoms with van der Waals surface area (Å²) in [4.78, 5) is 16.5. The van der Waals surface area contributed by atoms with Gasteiger partial charge in [0.05, 0.1) is 11.8 Å². The molecule has 1 aromatic heterocycles. The number of H-pyrrole nitrogens is 1. The number of carbonyl (C=O) groups is 1. The number of nitrogens with zero attached hydrogens (tertiary/aromatic N) is 2. The predicted molar refractivity (Wildman–Crippen MR) is 101 cm³/mol. The number of nitrogens with one attached hydrogen (secondary N) is 2. The van der Waals surface area contributed by atoms with E-state index in [-0.39, 0.29) is 17.7 Å². The first-order chi connectivity index (χ1) is 12.1. The lowest BCUT2D eigenvalue weighted by Gasteiger charge is -2.13. The number of aromatic amines is 1. The van der Waals surface area contributed by atoms with Crippen LogP contribution in [0.15, 0.2) is 59.8 Å². The van der Waals surface area contributed by atoms with Crippen LogP contribution in [0.4, 0.5) is 0 Å². The van der Waals surface area contributed by atoms with E-state index in [0.717, 1.165) is 11.1 Å². The van der Waals surface area contributed by atoms with E-state index in [2.05, 4.69) is 20.5 Å². The second kappa shape index (κ2) is 8.18. The molecule has 0 fully saturated rings. The second-order valence-corrected chi connectivity index (χ2v) is 6.84. The molecule has 0 saturated carbocycles. The van der Waals surface area contributed by atoms with Crippen LogP contribution in [0.1, 0.15) is 18.5 Å². The van der Waals surface area contributed by atoms with Crippen molar-refractivity contribution >= 4 is 29.3 Å². The van der Waals surface area contributed by atoms with E-state index in [9.17, 15) is 4.79 Å². The highest BCUT2D eigenvalue weighted by atomic mass is 35.5. The molecule has 1 atom stereocenters. The van der Waals surface area contributed by atoms with Crippen LogP contribution in [0.3, 0.4) is 0 Å². The van der Waals surface area contributed by atoms with Crippen molar-refractivity contribution < 1.29 is 4.79 Å². The van der Waals surface area contributed by atoms with Crippen LogP contribution in [0.25, 0.3) is 11.4 Å². The summed E-state index contributed by atoms with van der Waals surface area (Å²) in [6, 6.07) is 17.1. The van der Waals surface area contributed by atoms with E-state index < -0.39 is 0 Å². The summed E-state index contributed by atoms with van der Waals surface area (Å²) >= 11 is 7.17. The van der Waals surface area contributed by atoms with Gasteiger partial charge in [-0.25, -0.2) is 4.98 Å². The van der Waals surface area contributed by atoms with Gasteiger partial charge >= 0.3 is 0 Å². The number of hydrogen-bond acceptors (Lipinski definition) is 4. The average Bonchev–Trinajstić information content (AvgIpc) is 3.10. The monoisotopic (exact) mass is 372 g/mol. The van der Waals surface area contributed by atoms with Crippen LogP contribution >= 0.6 is 23.4 Å². The fraction of sp³-hybridized carbons (Fsp3) is 0.167. The maximum Gasteiger partial charge on any atom is 0.230 e. The minimum absolute atomic E-state index is 0.0360. The summed E-state index contributed by atoms with van der Waals surface area (Å²) in [5.41, 5.74) is 1.97. The van der Waals surface area contributed by atoms with Gasteiger partial charge < -0.3 is 5.32 Å². The standard InChI is InChI=1S/C18H17ClN4OS/c1-12(13-5-3-2-4-6-13)20-16(24)11-25-18-21-17(22-23-18)14-7-9-15(19)10-8-14/h2-10,12H,11H2,1H3,(H,20,24)(H,21,22,23)/t12-/m1/s1. The molecule has 2 aromatic carbocycles. The Kier molecular flexibility index (Phi) is 5.73. The first kappa shape index (κ1) is 17.5. The third kappa shape index (κ3) is 4.84. The normalized spacial score (nSPS) is 11.9. The fourth-order valence-corrected chi connectivity index (χ4v) is 3.02. The summed E-state index contributed by atoms with van der Waals surface area (Å²) in [7, 11) is 0. The Morgan fingerprint density at radius 3 is 2.64 bits per heavy atom. The Balaban J connectivity index is 1.53. The lowest BCUT2D eigenvalue weighted by Crippen LogP contribution is -2.28. The van der Waals surface area contributed by atoms with Crippen LogP contribution in [0, 0.1) is 0 Å². The molecular weight excluding hydrogens is 356 g/mol. The second-order valence-electron chi connectivity index (χ2n) is 5.46. The first-order valence-corrected chi connectivity index (χ1v) is 9.13. The molecule has 0 aliphatic heterocycles. The van der Waals surface area contributed by atoms with E-state index >= 15 is 0 Å². The molecule has 3 aromatic rings. The van der Waals surface area contributed by atoms with Crippen LogP contribution in [0.5, 0.6) is 0 Å². The SMILES string of the molecule is C[C@@H](NC(=O)CSc1n[nH]c(-c2ccc(Cl)cc2)n1)c1ccccc1. The van der Waals surface area contributed by atoms with Crippen LogP contribution < -0.4 is 5.32 Å². The van der Waals surface area contributed by atoms with Gasteiger partial charge in [0.25, 0.3) is 0 Å². The van der Waals surface area contributed by atoms with Gasteiger partial charge in [0, 0.05) is 10.6 Å². The van der Waals surface area contributed by atoms with Crippen molar-refractivity contribution in [3.05, 3.63) is 65.2 Å². The topological polar surface area (TPSA) is 70.7 Å². The number of amides is 1. The van der Waals surface area contributed by atoms with Crippen molar-refractivity contribution in [2.75, 3.05) is 5.75 Å². The number of aromatic nitrogens is 3. The molecule has 0 unspecified atom stereocenters. The largest absolute Gasteiger partial charge is 0.349 e. The minimum Gasteiger partial charge on any atom is -0.349 e. The quantitative estimate of drug-likeness (QED) is 0.639. The maximum absolute atomic E-state index is 12.1. The Morgan fingerprint density at radius 2 is 1.92 bits per heavy atom. The molecule has 1 heterocycles. The molecule has 25 heavy (non-hydrogen) atoms. The van der Waals surface area contributed by atoms with Gasteiger partial charge in [-0.05, 0) is 36.8 Å². The minimum atomic E-state index is -0.0563. The lowest BCUT2D eigenvalue weighted by molar-refractivity contribution is -0.119. The van der Waals surface area contributed by atoms with Gasteiger partial charge in [0.15, 0.2) is 5.82 Å². The zero-order chi connectivity index (χ0) is 17.6. The summed E-state index contributed by atoms with van der Waals surface area (Å²) in [5.74, 6) is 0.853. The number of benzene rings is 2. The molecule has 1 amide bonds. The molecule has 0 bridgehead atoms. The molecular formula is C18H17ClN4OS. The number of hydrogen-bond donors (Lipinski definition) is 2. The van der Waals surface area contributed by atoms with E-state index in [1.807, 2.05) is 49.4 Å². The molecule has 3 rings (SSSR count). The summed E-state index contributed by atoms with van der Waals surface area (Å²) < 4.78 is 0. The predicted octanol–water partition coefficient (Wildman–Crippen LogP) is 4.09. The zero-order valence-electron chi connectivity index (χ0n) is 13.6. The summed E-state index contributed by atoms with van der Waals surface area (Å²) in [6.07, 6.45) is 0. The lowest BCUT2D eigenvalue weighted by atomic mass is 10.1. The zero-order valence-corrected chi connectivity index (χ0v) is 15.1. The third-order valence-corrected chi connectivity index (χ3v) is 4.69. The van der Waals surface area contributed by atoms with Crippen LogP contribution in [0.2, 0.25) is 5.02 Å². The van der Waals surface area contributed by atoms with Gasteiger partial charge in [-0.2, -0.15) is 0 Å². The highest BCUT2D eigenvalue weighted by Gasteiger charge is 2.12. The van der Waals surface area contributed by atoms with Gasteiger partial charge in [-0.1, -0.05) is 53.7 Å². The number of halogens is 1. The smallest absolute Gasteiger partial charge is 0.230 e. The van der Waals surface area contributed by atoms with E-state index in [1.54, 1.807) is 12.1 Å². The number of thioether (sulfide) groups is 1. The van der Waals surface area contributed by atoms with Gasteiger partial charge in [0.1, 0.15) is 0 Å². The van der Waals surface area contributed by atoms with Crippen molar-refractivity contribution in [3.8, 4) is 11.4 Å². The molecule has 0 aliphatic carbocycles. The molecule has 5 nitrogen and oxygen atoms in total. The Labute approximate surface area is 155 Å². The van der Waals surface area contributed by atoms with E-state index in [4.69, 9.17) is 11.6 Å². The first-order valence-electron chi connectivity index (χ1n) is 7.77. The maximum atomic E-state index is 12.1. The number of carbonyl (C=O) groups excluding carboxylic acids is 1. The Morgan fingerprint density at radius 1 is 1.20 bits per heavy atom. The number of rotatable bonds is 6. The molecule has 128 valence electrons. The molecule has 2 N–H and O–H groups in total. The van der Waals surface area contributed by atoms with Crippen molar-refractivity contribution in [1.29, 1.82) is 0 Å². The summed E-state index contributed by atoms with van der Waals surface area (Å²) in [5, 5.41) is 11.2. The highest BCUT2D eigenvalue weighted by Crippen LogP contribution is 2.21. The van der Waals surface area contributed by atoms with Crippen molar-refractivity contribution in [2.45, 2.75) is 18.1 Å². The van der Waals surface area contributed by atoms with Crippen LogP contribution in [-0.4, -0.2) is 26.8 Å². The Bertz CT molecular complexity index is 836. The highest BCUT2D eigenvalue weighted by molar-refractivity contribution is 7.99. The summed E-state index contributed by atoms with van der Waals surface area (Å²) in [6.45, 7) is 1.96. The van der Waals surface area contributed by atoms with Crippen molar-refractivity contribution in [1.82, 2.24) is 20.5 Å². The van der Waals surface area contributed by atoms with Gasteiger partial charge in [-0.15, -0.1) is 5.10 Å². The van der Waals surface area contributed by atoms with E-state index in [0.29, 0.717) is 16.0 Å². The van der Waals surface area contributed by atoms with Crippen molar-refractivity contribution in [3.63, 3.8) is 0 Å².